The fourth-order valence-corrected chi connectivity index (χ4v) is 2.54. The first-order valence-electron chi connectivity index (χ1n) is 6.74. The summed E-state index contributed by atoms with van der Waals surface area (Å²) in [4.78, 5) is 0. The molecule has 3 nitrogen and oxygen atoms in total. The highest BCUT2D eigenvalue weighted by molar-refractivity contribution is 5.89. The Labute approximate surface area is 122 Å². The molecule has 0 atom stereocenters. The van der Waals surface area contributed by atoms with Crippen molar-refractivity contribution in [2.24, 2.45) is 0 Å². The molecule has 2 aromatic carbocycles. The third-order valence-electron chi connectivity index (χ3n) is 3.68. The molecular weight excluding hydrogens is 265 g/mol. The summed E-state index contributed by atoms with van der Waals surface area (Å²) >= 11 is 0. The van der Waals surface area contributed by atoms with Crippen molar-refractivity contribution in [3.8, 4) is 22.4 Å². The van der Waals surface area contributed by atoms with Gasteiger partial charge in [0.15, 0.2) is 5.82 Å². The van der Waals surface area contributed by atoms with Crippen molar-refractivity contribution in [2.45, 2.75) is 13.8 Å². The zero-order valence-electron chi connectivity index (χ0n) is 11.9. The molecule has 3 N–H and O–H groups in total. The van der Waals surface area contributed by atoms with Gasteiger partial charge < -0.3 is 5.73 Å². The smallest absolute Gasteiger partial charge is 0.153 e. The van der Waals surface area contributed by atoms with E-state index in [-0.39, 0.29) is 5.82 Å². The lowest BCUT2D eigenvalue weighted by Crippen LogP contribution is -1.92. The fourth-order valence-electron chi connectivity index (χ4n) is 2.54. The molecule has 0 amide bonds. The van der Waals surface area contributed by atoms with E-state index in [1.807, 2.05) is 38.1 Å². The lowest BCUT2D eigenvalue weighted by atomic mass is 9.95. The van der Waals surface area contributed by atoms with Crippen LogP contribution in [0, 0.1) is 19.7 Å². The number of benzene rings is 2. The lowest BCUT2D eigenvalue weighted by molar-refractivity contribution is 0.628. The molecule has 0 unspecified atom stereocenters. The minimum atomic E-state index is -0.278. The summed E-state index contributed by atoms with van der Waals surface area (Å²) < 4.78 is 13.6. The Bertz CT molecular complexity index is 806. The van der Waals surface area contributed by atoms with E-state index < -0.39 is 0 Å². The fraction of sp³-hybridized carbons (Fsp3) is 0.118. The molecule has 106 valence electrons. The highest BCUT2D eigenvalue weighted by Crippen LogP contribution is 2.37. The third kappa shape index (κ3) is 2.29. The van der Waals surface area contributed by atoms with Gasteiger partial charge in [-0.2, -0.15) is 5.10 Å². The highest BCUT2D eigenvalue weighted by atomic mass is 19.1. The van der Waals surface area contributed by atoms with Crippen LogP contribution in [-0.2, 0) is 0 Å². The van der Waals surface area contributed by atoms with Crippen molar-refractivity contribution < 1.29 is 4.39 Å². The molecule has 1 heterocycles. The zero-order chi connectivity index (χ0) is 15.0. The van der Waals surface area contributed by atoms with Gasteiger partial charge in [-0.15, -0.1) is 0 Å². The minimum absolute atomic E-state index is 0.278. The molecule has 0 radical (unpaired) electrons. The maximum Gasteiger partial charge on any atom is 0.153 e. The van der Waals surface area contributed by atoms with Crippen LogP contribution in [0.2, 0.25) is 0 Å². The van der Waals surface area contributed by atoms with Gasteiger partial charge in [0, 0.05) is 5.56 Å². The molecular formula is C17H16FN3. The van der Waals surface area contributed by atoms with Crippen LogP contribution < -0.4 is 5.73 Å². The predicted octanol–water partition coefficient (Wildman–Crippen LogP) is 4.08. The molecule has 0 aliphatic carbocycles. The van der Waals surface area contributed by atoms with Crippen LogP contribution in [0.15, 0.2) is 42.5 Å². The van der Waals surface area contributed by atoms with Crippen molar-refractivity contribution in [3.05, 3.63) is 59.4 Å². The maximum absolute atomic E-state index is 13.6. The molecule has 1 aromatic heterocycles. The number of nitrogen functional groups attached to an aromatic ring is 1. The van der Waals surface area contributed by atoms with Gasteiger partial charge in [-0.05, 0) is 42.7 Å². The zero-order valence-corrected chi connectivity index (χ0v) is 11.9. The van der Waals surface area contributed by atoms with E-state index >= 15 is 0 Å². The summed E-state index contributed by atoms with van der Waals surface area (Å²) in [5.74, 6) is 0.141. The number of nitrogens with two attached hydrogens (primary N) is 1. The molecule has 0 saturated carbocycles. The van der Waals surface area contributed by atoms with Gasteiger partial charge >= 0.3 is 0 Å². The first-order valence-corrected chi connectivity index (χ1v) is 6.74. The van der Waals surface area contributed by atoms with Crippen LogP contribution in [0.25, 0.3) is 22.4 Å². The van der Waals surface area contributed by atoms with Gasteiger partial charge in [0.2, 0.25) is 0 Å². The summed E-state index contributed by atoms with van der Waals surface area (Å²) in [6.07, 6.45) is 0. The molecule has 0 aliphatic rings. The van der Waals surface area contributed by atoms with Crippen LogP contribution in [-0.4, -0.2) is 10.2 Å². The minimum Gasteiger partial charge on any atom is -0.382 e. The second-order valence-corrected chi connectivity index (χ2v) is 5.13. The Hall–Kier alpha value is -2.62. The number of halogens is 1. The largest absolute Gasteiger partial charge is 0.382 e. The molecule has 0 bridgehead atoms. The Kier molecular flexibility index (Phi) is 3.22. The van der Waals surface area contributed by atoms with Crippen LogP contribution in [0.1, 0.15) is 11.1 Å². The number of anilines is 1. The quantitative estimate of drug-likeness (QED) is 0.743. The van der Waals surface area contributed by atoms with E-state index in [0.717, 1.165) is 33.5 Å². The number of aryl methyl sites for hydroxylation is 2. The summed E-state index contributed by atoms with van der Waals surface area (Å²) in [6, 6.07) is 12.7. The molecule has 0 aliphatic heterocycles. The molecule has 3 aromatic rings. The van der Waals surface area contributed by atoms with E-state index in [4.69, 9.17) is 5.73 Å². The Morgan fingerprint density at radius 2 is 1.71 bits per heavy atom. The van der Waals surface area contributed by atoms with Crippen LogP contribution in [0.3, 0.4) is 0 Å². The SMILES string of the molecule is Cc1ccc(F)cc1-c1[nH]nc(N)c1-c1ccccc1C. The second-order valence-electron chi connectivity index (χ2n) is 5.13. The van der Waals surface area contributed by atoms with Gasteiger partial charge in [0.05, 0.1) is 11.3 Å². The van der Waals surface area contributed by atoms with E-state index in [9.17, 15) is 4.39 Å². The molecule has 3 rings (SSSR count). The van der Waals surface area contributed by atoms with Gasteiger partial charge in [-0.1, -0.05) is 30.3 Å². The average molecular weight is 281 g/mol. The molecule has 4 heteroatoms. The van der Waals surface area contributed by atoms with Crippen molar-refractivity contribution >= 4 is 5.82 Å². The van der Waals surface area contributed by atoms with Crippen LogP contribution in [0.4, 0.5) is 10.2 Å². The first kappa shape index (κ1) is 13.4. The number of nitrogens with zero attached hydrogens (tertiary/aromatic N) is 1. The van der Waals surface area contributed by atoms with Crippen LogP contribution in [0.5, 0.6) is 0 Å². The monoisotopic (exact) mass is 281 g/mol. The number of H-pyrrole nitrogens is 1. The molecule has 0 fully saturated rings. The van der Waals surface area contributed by atoms with Crippen molar-refractivity contribution in [1.29, 1.82) is 0 Å². The predicted molar refractivity (Wildman–Crippen MR) is 83.3 cm³/mol. The van der Waals surface area contributed by atoms with Gasteiger partial charge in [-0.25, -0.2) is 4.39 Å². The second kappa shape index (κ2) is 5.05. The molecule has 0 saturated heterocycles. The third-order valence-corrected chi connectivity index (χ3v) is 3.68. The summed E-state index contributed by atoms with van der Waals surface area (Å²) in [7, 11) is 0. The number of aromatic amines is 1. The van der Waals surface area contributed by atoms with E-state index in [2.05, 4.69) is 10.2 Å². The normalized spacial score (nSPS) is 10.8. The summed E-state index contributed by atoms with van der Waals surface area (Å²) in [5, 5.41) is 7.05. The molecule has 21 heavy (non-hydrogen) atoms. The van der Waals surface area contributed by atoms with Crippen molar-refractivity contribution in [2.75, 3.05) is 5.73 Å². The van der Waals surface area contributed by atoms with E-state index in [1.54, 1.807) is 6.07 Å². The van der Waals surface area contributed by atoms with Crippen molar-refractivity contribution in [1.82, 2.24) is 10.2 Å². The average Bonchev–Trinajstić information content (AvgIpc) is 2.84. The Morgan fingerprint density at radius 1 is 1.00 bits per heavy atom. The number of nitrogens with one attached hydrogen (secondary N) is 1. The van der Waals surface area contributed by atoms with Gasteiger partial charge in [-0.3, -0.25) is 5.10 Å². The number of hydrogen-bond donors (Lipinski definition) is 2. The van der Waals surface area contributed by atoms with Gasteiger partial charge in [0.25, 0.3) is 0 Å². The maximum atomic E-state index is 13.6. The van der Waals surface area contributed by atoms with Crippen molar-refractivity contribution in [3.63, 3.8) is 0 Å². The number of hydrogen-bond acceptors (Lipinski definition) is 2. The highest BCUT2D eigenvalue weighted by Gasteiger charge is 2.17. The van der Waals surface area contributed by atoms with E-state index in [1.165, 1.54) is 12.1 Å². The van der Waals surface area contributed by atoms with E-state index in [0.29, 0.717) is 5.82 Å². The topological polar surface area (TPSA) is 54.7 Å². The number of rotatable bonds is 2. The molecule has 0 spiro atoms. The number of aromatic nitrogens is 2. The lowest BCUT2D eigenvalue weighted by Gasteiger charge is -2.10. The first-order chi connectivity index (χ1) is 10.1. The Balaban J connectivity index is 2.27. The van der Waals surface area contributed by atoms with Crippen LogP contribution >= 0.6 is 0 Å². The summed E-state index contributed by atoms with van der Waals surface area (Å²) in [6.45, 7) is 3.96. The Morgan fingerprint density at radius 3 is 2.48 bits per heavy atom. The van der Waals surface area contributed by atoms with Gasteiger partial charge in [0.1, 0.15) is 5.82 Å². The summed E-state index contributed by atoms with van der Waals surface area (Å²) in [5.41, 5.74) is 11.4. The standard InChI is InChI=1S/C17H16FN3/c1-10-5-3-4-6-13(10)15-16(20-21-17(15)19)14-9-12(18)8-7-11(14)2/h3-9H,1-2H3,(H3,19,20,21).